The Kier molecular flexibility index (Phi) is 9.63. The lowest BCUT2D eigenvalue weighted by atomic mass is 10.1. The zero-order chi connectivity index (χ0) is 25.2. The summed E-state index contributed by atoms with van der Waals surface area (Å²) < 4.78 is 31.9. The van der Waals surface area contributed by atoms with Crippen LogP contribution in [-0.4, -0.2) is 85.2 Å². The molecule has 0 aliphatic carbocycles. The molecule has 9 heteroatoms. The van der Waals surface area contributed by atoms with E-state index in [1.807, 2.05) is 24.3 Å². The Morgan fingerprint density at radius 2 is 1.49 bits per heavy atom. The summed E-state index contributed by atoms with van der Waals surface area (Å²) in [5.74, 6) is 3.08. The summed E-state index contributed by atoms with van der Waals surface area (Å²) >= 11 is 0. The number of anilines is 1. The van der Waals surface area contributed by atoms with Crippen molar-refractivity contribution >= 4 is 11.6 Å². The van der Waals surface area contributed by atoms with Crippen molar-refractivity contribution < 1.29 is 33.2 Å². The molecule has 2 aliphatic heterocycles. The third-order valence-corrected chi connectivity index (χ3v) is 5.70. The number of rotatable bonds is 9. The molecule has 2 saturated heterocycles. The number of morpholine rings is 1. The van der Waals surface area contributed by atoms with Gasteiger partial charge in [0.1, 0.15) is 6.61 Å². The van der Waals surface area contributed by atoms with Crippen molar-refractivity contribution in [3.8, 4) is 28.7 Å². The quantitative estimate of drug-likeness (QED) is 0.395. The highest BCUT2D eigenvalue weighted by Crippen LogP contribution is 2.42. The van der Waals surface area contributed by atoms with Crippen LogP contribution in [0.15, 0.2) is 48.6 Å². The first-order valence-corrected chi connectivity index (χ1v) is 11.4. The topological polar surface area (TPSA) is 78.9 Å². The van der Waals surface area contributed by atoms with E-state index in [-0.39, 0.29) is 5.91 Å². The van der Waals surface area contributed by atoms with Crippen LogP contribution in [0.4, 0.5) is 5.69 Å². The Morgan fingerprint density at radius 3 is 2.00 bits per heavy atom. The highest BCUT2D eigenvalue weighted by Gasteiger charge is 2.31. The van der Waals surface area contributed by atoms with Crippen molar-refractivity contribution in [1.29, 1.82) is 0 Å². The van der Waals surface area contributed by atoms with E-state index in [9.17, 15) is 4.79 Å². The third kappa shape index (κ3) is 6.58. The Balaban J connectivity index is 0.000000196. The summed E-state index contributed by atoms with van der Waals surface area (Å²) in [6.07, 6.45) is 0. The number of benzene rings is 2. The average molecular weight is 487 g/mol. The summed E-state index contributed by atoms with van der Waals surface area (Å²) in [7, 11) is 6.27. The van der Waals surface area contributed by atoms with E-state index in [4.69, 9.17) is 28.4 Å². The highest BCUT2D eigenvalue weighted by atomic mass is 16.5. The van der Waals surface area contributed by atoms with Crippen LogP contribution in [0.3, 0.4) is 0 Å². The summed E-state index contributed by atoms with van der Waals surface area (Å²) in [6, 6.07) is 11.2. The molecular formula is C26H34N2O7. The van der Waals surface area contributed by atoms with E-state index in [1.165, 1.54) is 21.3 Å². The molecule has 9 nitrogen and oxygen atoms in total. The number of carbonyl (C=O) groups excluding carboxylic acids is 1. The minimum Gasteiger partial charge on any atom is -0.493 e. The van der Waals surface area contributed by atoms with Gasteiger partial charge in [-0.2, -0.15) is 0 Å². The Hall–Kier alpha value is -3.43. The molecule has 2 aliphatic rings. The second kappa shape index (κ2) is 12.9. The third-order valence-electron chi connectivity index (χ3n) is 5.70. The lowest BCUT2D eigenvalue weighted by Crippen LogP contribution is -2.45. The van der Waals surface area contributed by atoms with E-state index < -0.39 is 0 Å². The van der Waals surface area contributed by atoms with E-state index in [2.05, 4.69) is 11.5 Å². The number of methoxy groups -OCH3 is 4. The van der Waals surface area contributed by atoms with Crippen LogP contribution >= 0.6 is 0 Å². The molecule has 35 heavy (non-hydrogen) atoms. The second-order valence-electron chi connectivity index (χ2n) is 7.83. The minimum atomic E-state index is -0.0794. The van der Waals surface area contributed by atoms with Gasteiger partial charge < -0.3 is 33.3 Å². The molecule has 0 bridgehead atoms. The number of nitrogens with zero attached hydrogens (tertiary/aromatic N) is 2. The van der Waals surface area contributed by atoms with Gasteiger partial charge in [0.2, 0.25) is 5.75 Å². The monoisotopic (exact) mass is 486 g/mol. The van der Waals surface area contributed by atoms with Crippen LogP contribution in [-0.2, 0) is 9.53 Å². The lowest BCUT2D eigenvalue weighted by Gasteiger charge is -2.33. The maximum Gasteiger partial charge on any atom is 0.255 e. The van der Waals surface area contributed by atoms with Gasteiger partial charge in [0.25, 0.3) is 5.91 Å². The predicted octanol–water partition coefficient (Wildman–Crippen LogP) is 3.02. The maximum absolute atomic E-state index is 11.6. The molecular weight excluding hydrogens is 452 g/mol. The summed E-state index contributed by atoms with van der Waals surface area (Å²) in [6.45, 7) is 9.44. The summed E-state index contributed by atoms with van der Waals surface area (Å²) in [4.78, 5) is 15.6. The van der Waals surface area contributed by atoms with Crippen LogP contribution < -0.4 is 28.6 Å². The average Bonchev–Trinajstić information content (AvgIpc) is 2.91. The Labute approximate surface area is 206 Å². The molecule has 0 saturated carbocycles. The summed E-state index contributed by atoms with van der Waals surface area (Å²) in [5.41, 5.74) is 1.31. The highest BCUT2D eigenvalue weighted by molar-refractivity contribution is 6.13. The standard InChI is InChI=1S/C13H15NO4.C13H19NO3/c1-8-7-14(13(8)15)9-5-10(16-2)12(18-4)11(6-9)17-3;1-15-12-4-2-3-5-13(12)17-11-8-14-6-9-16-10-7-14/h5-6H,1,7H2,2-4H3;2-5H,6-11H2,1H3. The van der Waals surface area contributed by atoms with E-state index >= 15 is 0 Å². The molecule has 0 unspecified atom stereocenters. The summed E-state index contributed by atoms with van der Waals surface area (Å²) in [5, 5.41) is 0. The van der Waals surface area contributed by atoms with Crippen LogP contribution in [0.2, 0.25) is 0 Å². The molecule has 2 heterocycles. The van der Waals surface area contributed by atoms with Crippen LogP contribution in [0, 0.1) is 0 Å². The molecule has 0 spiro atoms. The van der Waals surface area contributed by atoms with Gasteiger partial charge in [0, 0.05) is 37.3 Å². The van der Waals surface area contributed by atoms with Gasteiger partial charge in [-0.1, -0.05) is 18.7 Å². The number of β-lactam (4-membered cyclic amide) rings is 1. The Bertz CT molecular complexity index is 980. The first kappa shape index (κ1) is 26.2. The van der Waals surface area contributed by atoms with Gasteiger partial charge in [-0.25, -0.2) is 0 Å². The number of amides is 1. The van der Waals surface area contributed by atoms with Crippen molar-refractivity contribution in [2.45, 2.75) is 0 Å². The zero-order valence-electron chi connectivity index (χ0n) is 20.9. The smallest absolute Gasteiger partial charge is 0.255 e. The SMILES string of the molecule is C=C1CN(c2cc(OC)c(OC)c(OC)c2)C1=O.COc1ccccc1OCCN1CCOCC1. The Morgan fingerprint density at radius 1 is 0.886 bits per heavy atom. The van der Waals surface area contributed by atoms with Crippen LogP contribution in [0.1, 0.15) is 0 Å². The molecule has 0 atom stereocenters. The van der Waals surface area contributed by atoms with E-state index in [0.29, 0.717) is 41.7 Å². The lowest BCUT2D eigenvalue weighted by molar-refractivity contribution is -0.117. The molecule has 2 aromatic rings. The largest absolute Gasteiger partial charge is 0.493 e. The van der Waals surface area contributed by atoms with Crippen molar-refractivity contribution in [3.63, 3.8) is 0 Å². The normalized spacial score (nSPS) is 15.5. The predicted molar refractivity (Wildman–Crippen MR) is 133 cm³/mol. The first-order chi connectivity index (χ1) is 17.0. The minimum absolute atomic E-state index is 0.0794. The van der Waals surface area contributed by atoms with Gasteiger partial charge in [0.15, 0.2) is 23.0 Å². The number of ether oxygens (including phenoxy) is 6. The van der Waals surface area contributed by atoms with E-state index in [1.54, 1.807) is 24.1 Å². The van der Waals surface area contributed by atoms with Crippen molar-refractivity contribution in [1.82, 2.24) is 4.90 Å². The molecule has 2 fully saturated rings. The molecule has 0 radical (unpaired) electrons. The van der Waals surface area contributed by atoms with Crippen molar-refractivity contribution in [2.75, 3.05) is 79.3 Å². The second-order valence-corrected chi connectivity index (χ2v) is 7.83. The number of carbonyl (C=O) groups is 1. The molecule has 190 valence electrons. The van der Waals surface area contributed by atoms with Gasteiger partial charge in [0.05, 0.1) is 53.9 Å². The fourth-order valence-electron chi connectivity index (χ4n) is 3.71. The van der Waals surface area contributed by atoms with Gasteiger partial charge >= 0.3 is 0 Å². The fourth-order valence-corrected chi connectivity index (χ4v) is 3.71. The molecule has 2 aromatic carbocycles. The fraction of sp³-hybridized carbons (Fsp3) is 0.423. The molecule has 0 N–H and O–H groups in total. The van der Waals surface area contributed by atoms with Gasteiger partial charge in [-0.15, -0.1) is 0 Å². The van der Waals surface area contributed by atoms with Gasteiger partial charge in [-0.05, 0) is 12.1 Å². The van der Waals surface area contributed by atoms with Crippen molar-refractivity contribution in [3.05, 3.63) is 48.6 Å². The first-order valence-electron chi connectivity index (χ1n) is 11.4. The number of hydrogen-bond donors (Lipinski definition) is 0. The maximum atomic E-state index is 11.6. The number of hydrogen-bond acceptors (Lipinski definition) is 8. The zero-order valence-corrected chi connectivity index (χ0v) is 20.9. The van der Waals surface area contributed by atoms with Crippen LogP contribution in [0.25, 0.3) is 0 Å². The molecule has 4 rings (SSSR count). The van der Waals surface area contributed by atoms with Crippen LogP contribution in [0.5, 0.6) is 28.7 Å². The molecule has 0 aromatic heterocycles. The molecule has 1 amide bonds. The van der Waals surface area contributed by atoms with Gasteiger partial charge in [-0.3, -0.25) is 9.69 Å². The van der Waals surface area contributed by atoms with E-state index in [0.717, 1.165) is 44.3 Å². The number of para-hydroxylation sites is 2. The van der Waals surface area contributed by atoms with Crippen molar-refractivity contribution in [2.24, 2.45) is 0 Å².